The molecule has 0 amide bonds. The molecule has 1 atom stereocenters. The molecule has 0 aromatic rings. The number of esters is 3. The third-order valence-electron chi connectivity index (χ3n) is 6.55. The zero-order chi connectivity index (χ0) is 34.6. The average molecular weight is 645 g/mol. The molecule has 1 fully saturated rings. The van der Waals surface area contributed by atoms with Crippen LogP contribution in [0, 0.1) is 0 Å². The Kier molecular flexibility index (Phi) is 15.9. The number of aliphatic carboxylic acids is 2. The van der Waals surface area contributed by atoms with Crippen LogP contribution in [0.2, 0.25) is 0 Å². The number of hydrogen-bond acceptors (Lipinski definition) is 12. The van der Waals surface area contributed by atoms with Gasteiger partial charge in [0.05, 0.1) is 19.6 Å². The summed E-state index contributed by atoms with van der Waals surface area (Å²) in [5, 5.41) is 19.3. The maximum Gasteiger partial charge on any atom is 0.320 e. The first-order valence-corrected chi connectivity index (χ1v) is 15.5. The lowest BCUT2D eigenvalue weighted by atomic mass is 10.1. The van der Waals surface area contributed by atoms with E-state index in [1.54, 1.807) is 67.2 Å². The van der Waals surface area contributed by atoms with Gasteiger partial charge in [0.25, 0.3) is 0 Å². The van der Waals surface area contributed by atoms with Gasteiger partial charge in [0.1, 0.15) is 22.8 Å². The molecule has 0 aliphatic carbocycles. The highest BCUT2D eigenvalue weighted by Gasteiger charge is 2.30. The topological polar surface area (TPSA) is 166 Å². The summed E-state index contributed by atoms with van der Waals surface area (Å²) >= 11 is 0. The van der Waals surface area contributed by atoms with Crippen molar-refractivity contribution in [1.82, 2.24) is 19.6 Å². The van der Waals surface area contributed by atoms with Crippen molar-refractivity contribution >= 4 is 29.8 Å². The average Bonchev–Trinajstić information content (AvgIpc) is 2.81. The predicted molar refractivity (Wildman–Crippen MR) is 167 cm³/mol. The summed E-state index contributed by atoms with van der Waals surface area (Å²) in [5.74, 6) is -3.53. The molecule has 1 aliphatic heterocycles. The molecule has 2 N–H and O–H groups in total. The maximum absolute atomic E-state index is 12.8. The maximum atomic E-state index is 12.8. The van der Waals surface area contributed by atoms with Crippen molar-refractivity contribution in [2.75, 3.05) is 72.0 Å². The number of carbonyl (C=O) groups excluding carboxylic acids is 3. The standard InChI is InChI=1S/C31H56N4O10/c1-29(2,3)43-25(38)20-32-12-14-33(21-26(39)44-30(4,5)6)16-18-35(23(28(41)42)10-11-24(36)37)19-17-34(15-13-32)22-27(40)45-31(7,8)9/h23H,10-22H2,1-9H3,(H,36,37)(H,41,42)/t23-/m1/s1. The normalized spacial score (nSPS) is 18.2. The molecule has 0 bridgehead atoms. The van der Waals surface area contributed by atoms with Crippen molar-refractivity contribution in [2.45, 2.75) is 98.0 Å². The van der Waals surface area contributed by atoms with Crippen molar-refractivity contribution < 1.29 is 48.4 Å². The lowest BCUT2D eigenvalue weighted by molar-refractivity contribution is -0.158. The third-order valence-corrected chi connectivity index (χ3v) is 6.55. The van der Waals surface area contributed by atoms with Gasteiger partial charge in [-0.15, -0.1) is 0 Å². The molecule has 1 heterocycles. The largest absolute Gasteiger partial charge is 0.481 e. The highest BCUT2D eigenvalue weighted by atomic mass is 16.6. The van der Waals surface area contributed by atoms with Crippen LogP contribution >= 0.6 is 0 Å². The number of ether oxygens (including phenoxy) is 3. The highest BCUT2D eigenvalue weighted by molar-refractivity contribution is 5.75. The van der Waals surface area contributed by atoms with Gasteiger partial charge in [-0.25, -0.2) is 0 Å². The van der Waals surface area contributed by atoms with Crippen LogP contribution in [-0.2, 0) is 38.2 Å². The molecule has 260 valence electrons. The molecule has 0 radical (unpaired) electrons. The smallest absolute Gasteiger partial charge is 0.320 e. The summed E-state index contributed by atoms with van der Waals surface area (Å²) < 4.78 is 16.6. The Balaban J connectivity index is 3.35. The van der Waals surface area contributed by atoms with Crippen molar-refractivity contribution in [2.24, 2.45) is 0 Å². The van der Waals surface area contributed by atoms with Crippen molar-refractivity contribution in [3.05, 3.63) is 0 Å². The van der Waals surface area contributed by atoms with Gasteiger partial charge in [-0.3, -0.25) is 43.6 Å². The first-order chi connectivity index (χ1) is 20.5. The Morgan fingerprint density at radius 3 is 1.09 bits per heavy atom. The first kappa shape index (κ1) is 40.2. The minimum absolute atomic E-state index is 0.000225. The number of carbonyl (C=O) groups is 5. The van der Waals surface area contributed by atoms with Gasteiger partial charge >= 0.3 is 29.8 Å². The number of nitrogens with zero attached hydrogens (tertiary/aromatic N) is 4. The number of carboxylic acids is 2. The molecule has 14 nitrogen and oxygen atoms in total. The highest BCUT2D eigenvalue weighted by Crippen LogP contribution is 2.13. The second-order valence-corrected chi connectivity index (χ2v) is 14.4. The summed E-state index contributed by atoms with van der Waals surface area (Å²) in [6.45, 7) is 18.4. The minimum atomic E-state index is -1.15. The summed E-state index contributed by atoms with van der Waals surface area (Å²) in [7, 11) is 0. The third kappa shape index (κ3) is 19.3. The molecular weight excluding hydrogens is 588 g/mol. The summed E-state index contributed by atoms with van der Waals surface area (Å²) in [5.41, 5.74) is -2.05. The van der Waals surface area contributed by atoms with E-state index < -0.39 is 52.7 Å². The van der Waals surface area contributed by atoms with E-state index in [-0.39, 0.29) is 58.7 Å². The van der Waals surface area contributed by atoms with Gasteiger partial charge in [0.2, 0.25) is 0 Å². The van der Waals surface area contributed by atoms with E-state index in [2.05, 4.69) is 0 Å². The fourth-order valence-electron chi connectivity index (χ4n) is 4.73. The van der Waals surface area contributed by atoms with Crippen LogP contribution in [0.5, 0.6) is 0 Å². The Hall–Kier alpha value is -2.81. The van der Waals surface area contributed by atoms with Crippen LogP contribution in [0.4, 0.5) is 0 Å². The summed E-state index contributed by atoms with van der Waals surface area (Å²) in [6, 6.07) is -1.08. The summed E-state index contributed by atoms with van der Waals surface area (Å²) in [6.07, 6.45) is -0.428. The van der Waals surface area contributed by atoms with Crippen LogP contribution in [0.25, 0.3) is 0 Å². The number of carboxylic acid groups (broad SMARTS) is 2. The van der Waals surface area contributed by atoms with Crippen LogP contribution in [0.1, 0.15) is 75.2 Å². The number of rotatable bonds is 11. The van der Waals surface area contributed by atoms with Gasteiger partial charge in [0.15, 0.2) is 0 Å². The van der Waals surface area contributed by atoms with Gasteiger partial charge in [-0.1, -0.05) is 0 Å². The van der Waals surface area contributed by atoms with E-state index in [1.807, 2.05) is 14.7 Å². The van der Waals surface area contributed by atoms with Crippen LogP contribution in [-0.4, -0.2) is 154 Å². The second-order valence-electron chi connectivity index (χ2n) is 14.4. The van der Waals surface area contributed by atoms with E-state index >= 15 is 0 Å². The first-order valence-electron chi connectivity index (χ1n) is 15.5. The molecule has 1 rings (SSSR count). The fraction of sp³-hybridized carbons (Fsp3) is 0.839. The molecule has 1 saturated heterocycles. The quantitative estimate of drug-likeness (QED) is 0.246. The van der Waals surface area contributed by atoms with E-state index in [4.69, 9.17) is 14.2 Å². The number of hydrogen-bond donors (Lipinski definition) is 2. The molecule has 0 saturated carbocycles. The second kappa shape index (κ2) is 17.8. The Labute approximate surface area is 267 Å². The lowest BCUT2D eigenvalue weighted by Gasteiger charge is -2.36. The van der Waals surface area contributed by atoms with Crippen molar-refractivity contribution in [3.8, 4) is 0 Å². The molecule has 14 heteroatoms. The van der Waals surface area contributed by atoms with Crippen LogP contribution in [0.3, 0.4) is 0 Å². The van der Waals surface area contributed by atoms with Crippen LogP contribution in [0.15, 0.2) is 0 Å². The lowest BCUT2D eigenvalue weighted by Crippen LogP contribution is -2.52. The Bertz CT molecular complexity index is 954. The molecule has 0 aromatic carbocycles. The fourth-order valence-corrected chi connectivity index (χ4v) is 4.73. The van der Waals surface area contributed by atoms with E-state index in [9.17, 15) is 34.2 Å². The van der Waals surface area contributed by atoms with E-state index in [0.717, 1.165) is 0 Å². The molecule has 1 aliphatic rings. The zero-order valence-corrected chi connectivity index (χ0v) is 28.7. The van der Waals surface area contributed by atoms with Gasteiger partial charge in [-0.05, 0) is 68.7 Å². The monoisotopic (exact) mass is 644 g/mol. The van der Waals surface area contributed by atoms with Crippen molar-refractivity contribution in [1.29, 1.82) is 0 Å². The van der Waals surface area contributed by atoms with Gasteiger partial charge in [0, 0.05) is 58.8 Å². The molecule has 45 heavy (non-hydrogen) atoms. The zero-order valence-electron chi connectivity index (χ0n) is 28.7. The molecule has 0 spiro atoms. The molecule has 0 unspecified atom stereocenters. The Morgan fingerprint density at radius 2 is 0.844 bits per heavy atom. The minimum Gasteiger partial charge on any atom is -0.481 e. The van der Waals surface area contributed by atoms with Gasteiger partial charge < -0.3 is 24.4 Å². The van der Waals surface area contributed by atoms with Gasteiger partial charge in [-0.2, -0.15) is 0 Å². The SMILES string of the molecule is CC(C)(C)OC(=O)CN1CCN(CC(=O)OC(C)(C)C)CCN([C@H](CCC(=O)O)C(=O)O)CCN(CC(=O)OC(C)(C)C)CC1. The van der Waals surface area contributed by atoms with Crippen LogP contribution < -0.4 is 0 Å². The molecular formula is C31H56N4O10. The van der Waals surface area contributed by atoms with Crippen molar-refractivity contribution in [3.63, 3.8) is 0 Å². The van der Waals surface area contributed by atoms with E-state index in [1.165, 1.54) is 0 Å². The predicted octanol–water partition coefficient (Wildman–Crippen LogP) is 1.55. The summed E-state index contributed by atoms with van der Waals surface area (Å²) in [4.78, 5) is 69.3. The Morgan fingerprint density at radius 1 is 0.556 bits per heavy atom. The van der Waals surface area contributed by atoms with E-state index in [0.29, 0.717) is 26.2 Å². The molecule has 0 aromatic heterocycles.